The molecule has 0 saturated heterocycles. The Kier molecular flexibility index (Phi) is 6.23. The third-order valence-electron chi connectivity index (χ3n) is 5.00. The lowest BCUT2D eigenvalue weighted by Gasteiger charge is -2.37. The van der Waals surface area contributed by atoms with Gasteiger partial charge in [-0.1, -0.05) is 35.9 Å². The molecule has 0 aliphatic carbocycles. The predicted octanol–water partition coefficient (Wildman–Crippen LogP) is 2.88. The van der Waals surface area contributed by atoms with Crippen LogP contribution in [0.15, 0.2) is 42.5 Å². The van der Waals surface area contributed by atoms with Crippen molar-refractivity contribution in [3.63, 3.8) is 0 Å². The monoisotopic (exact) mass is 413 g/mol. The molecule has 0 fully saturated rings. The Morgan fingerprint density at radius 1 is 1.14 bits per heavy atom. The van der Waals surface area contributed by atoms with Crippen molar-refractivity contribution in [1.29, 1.82) is 0 Å². The van der Waals surface area contributed by atoms with Crippen LogP contribution in [0.4, 0.5) is 5.69 Å². The number of hydrogen-bond acceptors (Lipinski definition) is 3. The van der Waals surface area contributed by atoms with Crippen molar-refractivity contribution in [2.45, 2.75) is 32.4 Å². The van der Waals surface area contributed by atoms with E-state index < -0.39 is 6.04 Å². The van der Waals surface area contributed by atoms with Crippen molar-refractivity contribution in [3.8, 4) is 0 Å². The average Bonchev–Trinajstić information content (AvgIpc) is 2.67. The summed E-state index contributed by atoms with van der Waals surface area (Å²) >= 11 is 6.22. The largest absolute Gasteiger partial charge is 0.347 e. The van der Waals surface area contributed by atoms with Crippen LogP contribution in [0.2, 0.25) is 5.02 Å². The van der Waals surface area contributed by atoms with Crippen LogP contribution in [0.3, 0.4) is 0 Å². The average molecular weight is 414 g/mol. The van der Waals surface area contributed by atoms with Gasteiger partial charge in [-0.25, -0.2) is 0 Å². The van der Waals surface area contributed by atoms with Crippen LogP contribution in [-0.2, 0) is 33.8 Å². The molecule has 0 radical (unpaired) electrons. The lowest BCUT2D eigenvalue weighted by atomic mass is 9.92. The first-order valence-electron chi connectivity index (χ1n) is 9.39. The molecule has 0 unspecified atom stereocenters. The fourth-order valence-corrected chi connectivity index (χ4v) is 3.75. The quantitative estimate of drug-likeness (QED) is 0.837. The van der Waals surface area contributed by atoms with Crippen molar-refractivity contribution >= 4 is 35.0 Å². The van der Waals surface area contributed by atoms with E-state index in [0.29, 0.717) is 23.7 Å². The van der Waals surface area contributed by atoms with Gasteiger partial charge in [0.1, 0.15) is 6.04 Å². The number of anilines is 1. The van der Waals surface area contributed by atoms with E-state index in [2.05, 4.69) is 5.32 Å². The summed E-state index contributed by atoms with van der Waals surface area (Å²) in [6.45, 7) is 1.75. The molecule has 1 aliphatic rings. The summed E-state index contributed by atoms with van der Waals surface area (Å²) in [7, 11) is 3.38. The van der Waals surface area contributed by atoms with Crippen molar-refractivity contribution in [2.24, 2.45) is 0 Å². The van der Waals surface area contributed by atoms with Crippen LogP contribution >= 0.6 is 11.6 Å². The van der Waals surface area contributed by atoms with Crippen LogP contribution in [0.1, 0.15) is 23.6 Å². The highest BCUT2D eigenvalue weighted by Crippen LogP contribution is 2.28. The van der Waals surface area contributed by atoms with Crippen molar-refractivity contribution < 1.29 is 14.4 Å². The van der Waals surface area contributed by atoms with Gasteiger partial charge in [0.2, 0.25) is 17.7 Å². The lowest BCUT2D eigenvalue weighted by molar-refractivity contribution is -0.145. The number of fused-ring (bicyclic) bond motifs is 1. The Morgan fingerprint density at radius 2 is 1.86 bits per heavy atom. The van der Waals surface area contributed by atoms with Crippen LogP contribution in [-0.4, -0.2) is 47.7 Å². The third-order valence-corrected chi connectivity index (χ3v) is 5.37. The van der Waals surface area contributed by atoms with Gasteiger partial charge in [-0.15, -0.1) is 0 Å². The number of carbonyl (C=O) groups is 3. The maximum absolute atomic E-state index is 13.2. The van der Waals surface area contributed by atoms with E-state index in [-0.39, 0.29) is 24.1 Å². The van der Waals surface area contributed by atoms with E-state index in [1.165, 1.54) is 11.8 Å². The minimum atomic E-state index is -0.570. The van der Waals surface area contributed by atoms with Gasteiger partial charge in [0.25, 0.3) is 0 Å². The van der Waals surface area contributed by atoms with Gasteiger partial charge in [-0.3, -0.25) is 14.4 Å². The topological polar surface area (TPSA) is 69.7 Å². The summed E-state index contributed by atoms with van der Waals surface area (Å²) in [5, 5.41) is 3.29. The Balaban J connectivity index is 1.91. The van der Waals surface area contributed by atoms with Crippen molar-refractivity contribution in [2.75, 3.05) is 19.4 Å². The maximum atomic E-state index is 13.2. The normalized spacial score (nSPS) is 15.4. The zero-order chi connectivity index (χ0) is 21.1. The first kappa shape index (κ1) is 20.9. The number of nitrogens with zero attached hydrogens (tertiary/aromatic N) is 2. The molecule has 0 bridgehead atoms. The molecule has 2 aromatic rings. The van der Waals surface area contributed by atoms with Gasteiger partial charge in [0.05, 0.1) is 6.42 Å². The Morgan fingerprint density at radius 3 is 2.52 bits per heavy atom. The van der Waals surface area contributed by atoms with Crippen LogP contribution in [0, 0.1) is 0 Å². The van der Waals surface area contributed by atoms with Crippen LogP contribution < -0.4 is 5.32 Å². The summed E-state index contributed by atoms with van der Waals surface area (Å²) in [4.78, 5) is 40.5. The van der Waals surface area contributed by atoms with E-state index in [1.54, 1.807) is 25.1 Å². The highest BCUT2D eigenvalue weighted by molar-refractivity contribution is 6.31. The SMILES string of the molecule is CC(=O)Nc1ccc2c(c1)CN(C(=O)Cc1ccccc1Cl)[C@H](C(=O)N(C)C)C2. The standard InChI is InChI=1S/C22H24ClN3O3/c1-14(27)24-18-9-8-15-11-20(22(29)25(2)3)26(13-17(15)10-18)21(28)12-16-6-4-5-7-19(16)23/h4-10,20H,11-13H2,1-3H3,(H,24,27)/t20-/m0/s1. The van der Waals surface area contributed by atoms with Gasteiger partial charge >= 0.3 is 0 Å². The number of rotatable bonds is 4. The van der Waals surface area contributed by atoms with E-state index in [1.807, 2.05) is 36.4 Å². The van der Waals surface area contributed by atoms with E-state index in [0.717, 1.165) is 16.7 Å². The molecule has 0 aromatic heterocycles. The number of carbonyl (C=O) groups excluding carboxylic acids is 3. The first-order chi connectivity index (χ1) is 13.8. The second-order valence-corrected chi connectivity index (χ2v) is 7.81. The molecule has 29 heavy (non-hydrogen) atoms. The molecule has 152 valence electrons. The van der Waals surface area contributed by atoms with Gasteiger partial charge in [0, 0.05) is 44.7 Å². The van der Waals surface area contributed by atoms with Gasteiger partial charge < -0.3 is 15.1 Å². The summed E-state index contributed by atoms with van der Waals surface area (Å²) < 4.78 is 0. The molecule has 1 heterocycles. The number of benzene rings is 2. The fraction of sp³-hybridized carbons (Fsp3) is 0.318. The molecule has 0 spiro atoms. The third kappa shape index (κ3) is 4.77. The van der Waals surface area contributed by atoms with E-state index in [4.69, 9.17) is 11.6 Å². The van der Waals surface area contributed by atoms with E-state index >= 15 is 0 Å². The second kappa shape index (κ2) is 8.66. The first-order valence-corrected chi connectivity index (χ1v) is 9.77. The molecule has 7 heteroatoms. The summed E-state index contributed by atoms with van der Waals surface area (Å²) in [5.41, 5.74) is 3.33. The lowest BCUT2D eigenvalue weighted by Crippen LogP contribution is -2.52. The minimum Gasteiger partial charge on any atom is -0.347 e. The Bertz CT molecular complexity index is 958. The van der Waals surface area contributed by atoms with Crippen molar-refractivity contribution in [1.82, 2.24) is 9.80 Å². The Hall–Kier alpha value is -2.86. The summed E-state index contributed by atoms with van der Waals surface area (Å²) in [6, 6.07) is 12.2. The zero-order valence-electron chi connectivity index (χ0n) is 16.7. The molecular weight excluding hydrogens is 390 g/mol. The van der Waals surface area contributed by atoms with Crippen LogP contribution in [0.25, 0.3) is 0 Å². The minimum absolute atomic E-state index is 0.117. The molecule has 3 rings (SSSR count). The van der Waals surface area contributed by atoms with Gasteiger partial charge in [-0.2, -0.15) is 0 Å². The van der Waals surface area contributed by atoms with Gasteiger partial charge in [-0.05, 0) is 34.9 Å². The van der Waals surface area contributed by atoms with Crippen molar-refractivity contribution in [3.05, 3.63) is 64.2 Å². The predicted molar refractivity (Wildman–Crippen MR) is 113 cm³/mol. The number of nitrogens with one attached hydrogen (secondary N) is 1. The highest BCUT2D eigenvalue weighted by atomic mass is 35.5. The van der Waals surface area contributed by atoms with E-state index in [9.17, 15) is 14.4 Å². The molecule has 1 aliphatic heterocycles. The Labute approximate surface area is 175 Å². The number of hydrogen-bond donors (Lipinski definition) is 1. The smallest absolute Gasteiger partial charge is 0.245 e. The number of likely N-dealkylation sites (N-methyl/N-ethyl adjacent to an activating group) is 1. The molecule has 0 saturated carbocycles. The van der Waals surface area contributed by atoms with Crippen LogP contribution in [0.5, 0.6) is 0 Å². The molecule has 1 atom stereocenters. The molecule has 2 aromatic carbocycles. The highest BCUT2D eigenvalue weighted by Gasteiger charge is 2.35. The van der Waals surface area contributed by atoms with Gasteiger partial charge in [0.15, 0.2) is 0 Å². The zero-order valence-corrected chi connectivity index (χ0v) is 17.5. The number of halogens is 1. The second-order valence-electron chi connectivity index (χ2n) is 7.41. The molecule has 3 amide bonds. The number of amides is 3. The summed E-state index contributed by atoms with van der Waals surface area (Å²) in [5.74, 6) is -0.434. The fourth-order valence-electron chi connectivity index (χ4n) is 3.55. The maximum Gasteiger partial charge on any atom is 0.245 e. The molecule has 6 nitrogen and oxygen atoms in total. The molecule has 1 N–H and O–H groups in total. The summed E-state index contributed by atoms with van der Waals surface area (Å²) in [6.07, 6.45) is 0.554. The molecular formula is C22H24ClN3O3.